The van der Waals surface area contributed by atoms with E-state index in [2.05, 4.69) is 9.97 Å². The first kappa shape index (κ1) is 9.71. The minimum absolute atomic E-state index is 0.0367. The monoisotopic (exact) mass is 230 g/mol. The predicted octanol–water partition coefficient (Wildman–Crippen LogP) is -1.43. The number of urea groups is 1. The Morgan fingerprint density at radius 3 is 2.86 bits per heavy atom. The third-order valence-electron chi connectivity index (χ3n) is 2.04. The van der Waals surface area contributed by atoms with Crippen LogP contribution in [-0.2, 0) is 25.6 Å². The fourth-order valence-electron chi connectivity index (χ4n) is 1.22. The van der Waals surface area contributed by atoms with Crippen molar-refractivity contribution >= 4 is 43.4 Å². The molecular weight excluding hydrogens is 224 g/mol. The summed E-state index contributed by atoms with van der Waals surface area (Å²) in [6, 6.07) is -0.559. The lowest BCUT2D eigenvalue weighted by Crippen LogP contribution is -3.10. The molecule has 6 nitrogen and oxygen atoms in total. The van der Waals surface area contributed by atoms with Gasteiger partial charge in [-0.2, -0.15) is 4.79 Å². The minimum atomic E-state index is -0.809. The first-order valence-corrected chi connectivity index (χ1v) is 4.48. The Balaban J connectivity index is 2.65. The molecule has 0 spiro atoms. The molecule has 2 atom stereocenters. The number of amides is 3. The van der Waals surface area contributed by atoms with E-state index in [1.165, 1.54) is 13.4 Å². The Morgan fingerprint density at radius 2 is 2.21 bits per heavy atom. The number of imidazole rings is 1. The summed E-state index contributed by atoms with van der Waals surface area (Å²) in [5, 5.41) is 0. The quantitative estimate of drug-likeness (QED) is 0.422. The van der Waals surface area contributed by atoms with Crippen molar-refractivity contribution in [2.24, 2.45) is 0 Å². The van der Waals surface area contributed by atoms with Crippen molar-refractivity contribution in [3.63, 3.8) is 0 Å². The summed E-state index contributed by atoms with van der Waals surface area (Å²) in [4.78, 5) is 29.7. The minimum Gasteiger partial charge on any atom is -0.473 e. The van der Waals surface area contributed by atoms with Gasteiger partial charge in [-0.05, 0) is 0 Å². The van der Waals surface area contributed by atoms with Crippen molar-refractivity contribution in [1.29, 1.82) is 0 Å². The molecule has 2 unspecified atom stereocenters. The lowest BCUT2D eigenvalue weighted by atomic mass is 10.3. The molecule has 0 saturated heterocycles. The molecule has 2 rings (SSSR count). The average Bonchev–Trinajstić information content (AvgIpc) is 2.60. The molecule has 74 valence electrons. The van der Waals surface area contributed by atoms with Crippen LogP contribution in [0.1, 0.15) is 10.5 Å². The van der Waals surface area contributed by atoms with E-state index in [9.17, 15) is 9.59 Å². The highest BCUT2D eigenvalue weighted by molar-refractivity contribution is 7.53. The zero-order chi connectivity index (χ0) is 10.5. The van der Waals surface area contributed by atoms with Crippen LogP contribution in [0.25, 0.3) is 0 Å². The van der Waals surface area contributed by atoms with E-state index in [1.807, 2.05) is 0 Å². The summed E-state index contributed by atoms with van der Waals surface area (Å²) in [6.45, 7) is 0. The predicted molar refractivity (Wildman–Crippen MR) is 49.9 cm³/mol. The first-order chi connectivity index (χ1) is 6.46. The molecule has 0 bridgehead atoms. The van der Waals surface area contributed by atoms with Gasteiger partial charge in [-0.3, -0.25) is 13.2 Å². The van der Waals surface area contributed by atoms with Crippen LogP contribution in [0.4, 0.5) is 10.6 Å². The Morgan fingerprint density at radius 1 is 1.57 bits per heavy atom. The van der Waals surface area contributed by atoms with Crippen LogP contribution in [0.5, 0.6) is 0 Å². The molecule has 0 aliphatic carbocycles. The second kappa shape index (κ2) is 2.83. The van der Waals surface area contributed by atoms with Gasteiger partial charge in [-0.25, -0.2) is 9.78 Å². The Kier molecular flexibility index (Phi) is 1.96. The Labute approximate surface area is 90.6 Å². The summed E-state index contributed by atoms with van der Waals surface area (Å²) in [5.41, 5.74) is 0.145. The van der Waals surface area contributed by atoms with Crippen molar-refractivity contribution in [1.82, 2.24) is 9.97 Å². The molecule has 0 radical (unpaired) electrons. The van der Waals surface area contributed by atoms with Crippen LogP contribution in [0.3, 0.4) is 0 Å². The zero-order valence-corrected chi connectivity index (χ0v) is 8.74. The summed E-state index contributed by atoms with van der Waals surface area (Å²) in [6.07, 6.45) is 1.32. The number of aromatic amines is 1. The third kappa shape index (κ3) is 1.05. The number of nitrogens with zero attached hydrogens (tertiary/aromatic N) is 2. The van der Waals surface area contributed by atoms with Crippen LogP contribution < -0.4 is 4.31 Å². The molecule has 2 heterocycles. The number of imide groups is 1. The highest BCUT2D eigenvalue weighted by Gasteiger charge is 2.45. The van der Waals surface area contributed by atoms with Crippen LogP contribution in [0.2, 0.25) is 0 Å². The summed E-state index contributed by atoms with van der Waals surface area (Å²) in [5.74, 6) is -0.217. The van der Waals surface area contributed by atoms with E-state index in [1.54, 1.807) is 0 Å². The number of nitrogens with one attached hydrogen (secondary N) is 2. The smallest absolute Gasteiger partial charge is 0.473 e. The third-order valence-corrected chi connectivity index (χ3v) is 2.75. The molecule has 1 aromatic rings. The highest BCUT2D eigenvalue weighted by atomic mass is 32.1. The number of quaternary nitrogens is 2. The number of hydrogen-bond donors (Lipinski definition) is 2. The summed E-state index contributed by atoms with van der Waals surface area (Å²) >= 11 is 9.74. The topological polar surface area (TPSA) is 67.3 Å². The number of hydrogen-bond acceptors (Lipinski definition) is 5. The van der Waals surface area contributed by atoms with Gasteiger partial charge < -0.3 is 25.6 Å². The molecule has 8 heteroatoms. The average molecular weight is 230 g/mol. The molecule has 1 aliphatic rings. The molecule has 1 aliphatic heterocycles. The van der Waals surface area contributed by atoms with E-state index in [0.717, 1.165) is 0 Å². The van der Waals surface area contributed by atoms with Gasteiger partial charge in [-0.15, -0.1) is 0 Å². The molecule has 0 aromatic carbocycles. The largest absolute Gasteiger partial charge is 0.490 e. The molecule has 2 N–H and O–H groups in total. The number of H-pyrrole nitrogens is 1. The van der Waals surface area contributed by atoms with E-state index in [4.69, 9.17) is 25.6 Å². The maximum Gasteiger partial charge on any atom is 0.490 e. The summed E-state index contributed by atoms with van der Waals surface area (Å²) in [7, 11) is 1.32. The van der Waals surface area contributed by atoms with E-state index in [-0.39, 0.29) is 10.00 Å². The zero-order valence-electron chi connectivity index (χ0n) is 7.10. The molecular formula is C6H6N4O2S2. The first-order valence-electron chi connectivity index (χ1n) is 3.71. The molecule has 14 heavy (non-hydrogen) atoms. The SMILES string of the molecule is C[N+]1([S-])C(=O)c2nc[nH]c2[NH+]([S-])C1=O. The standard InChI is InChI=1S/C6H6N4O2S2/c1-10(14)5(11)3-4(8-2-7-3)9(13)6(10)12/h2,9H,1H3,(H,7,8). The van der Waals surface area contributed by atoms with Crippen LogP contribution in [-0.4, -0.2) is 32.8 Å². The number of rotatable bonds is 0. The van der Waals surface area contributed by atoms with Gasteiger partial charge in [0.05, 0.1) is 13.4 Å². The van der Waals surface area contributed by atoms with Gasteiger partial charge in [-0.1, -0.05) is 0 Å². The fourth-order valence-corrected chi connectivity index (χ4v) is 1.80. The number of carbonyl (C=O) groups is 2. The van der Waals surface area contributed by atoms with Gasteiger partial charge in [0.25, 0.3) is 0 Å². The van der Waals surface area contributed by atoms with Crippen molar-refractivity contribution in [2.75, 3.05) is 7.05 Å². The number of aromatic nitrogens is 2. The van der Waals surface area contributed by atoms with E-state index >= 15 is 0 Å². The van der Waals surface area contributed by atoms with Crippen LogP contribution in [0.15, 0.2) is 6.33 Å². The summed E-state index contributed by atoms with van der Waals surface area (Å²) < 4.78 is -0.772. The lowest BCUT2D eigenvalue weighted by molar-refractivity contribution is -0.736. The fraction of sp³-hybridized carbons (Fsp3) is 0.167. The Hall–Kier alpha value is -0.830. The second-order valence-corrected chi connectivity index (χ2v) is 4.13. The molecule has 0 fully saturated rings. The van der Waals surface area contributed by atoms with E-state index < -0.39 is 15.8 Å². The van der Waals surface area contributed by atoms with Gasteiger partial charge in [0.1, 0.15) is 0 Å². The molecule has 0 saturated carbocycles. The molecule has 1 aromatic heterocycles. The van der Waals surface area contributed by atoms with Crippen molar-refractivity contribution in [2.45, 2.75) is 0 Å². The van der Waals surface area contributed by atoms with E-state index in [0.29, 0.717) is 5.82 Å². The Bertz CT molecular complexity index is 427. The van der Waals surface area contributed by atoms with Gasteiger partial charge in [0.15, 0.2) is 0 Å². The van der Waals surface area contributed by atoms with Gasteiger partial charge in [0, 0.05) is 0 Å². The normalized spacial score (nSPS) is 31.8. The number of fused-ring (bicyclic) bond motifs is 1. The van der Waals surface area contributed by atoms with Crippen LogP contribution in [0, 0.1) is 0 Å². The highest BCUT2D eigenvalue weighted by Crippen LogP contribution is 2.17. The number of carbonyl (C=O) groups excluding carboxylic acids is 2. The molecule has 3 amide bonds. The van der Waals surface area contributed by atoms with Crippen molar-refractivity contribution < 1.29 is 17.8 Å². The lowest BCUT2D eigenvalue weighted by Gasteiger charge is -2.38. The van der Waals surface area contributed by atoms with Gasteiger partial charge in [0.2, 0.25) is 11.5 Å². The maximum absolute atomic E-state index is 11.7. The van der Waals surface area contributed by atoms with Crippen molar-refractivity contribution in [3.05, 3.63) is 12.0 Å². The maximum atomic E-state index is 11.7. The van der Waals surface area contributed by atoms with Gasteiger partial charge >= 0.3 is 11.9 Å². The second-order valence-electron chi connectivity index (χ2n) is 2.99. The van der Waals surface area contributed by atoms with Crippen molar-refractivity contribution in [3.8, 4) is 0 Å². The van der Waals surface area contributed by atoms with Crippen LogP contribution >= 0.6 is 0 Å².